The van der Waals surface area contributed by atoms with Crippen molar-refractivity contribution in [3.05, 3.63) is 94.0 Å². The number of hydrogen-bond donors (Lipinski definition) is 2. The third-order valence-corrected chi connectivity index (χ3v) is 4.60. The summed E-state index contributed by atoms with van der Waals surface area (Å²) >= 11 is 3.33. The van der Waals surface area contributed by atoms with Gasteiger partial charge in [0.1, 0.15) is 5.75 Å². The van der Waals surface area contributed by atoms with E-state index >= 15 is 0 Å². The number of aryl methyl sites for hydroxylation is 1. The summed E-state index contributed by atoms with van der Waals surface area (Å²) in [6.07, 6.45) is 1.53. The van der Waals surface area contributed by atoms with Gasteiger partial charge in [-0.25, -0.2) is 5.43 Å². The number of carbonyl (C=O) groups excluding carboxylic acids is 2. The van der Waals surface area contributed by atoms with Gasteiger partial charge in [0.05, 0.1) is 6.21 Å². The normalized spacial score (nSPS) is 10.6. The Morgan fingerprint density at radius 3 is 2.30 bits per heavy atom. The van der Waals surface area contributed by atoms with Crippen LogP contribution in [0.4, 0.5) is 5.69 Å². The molecule has 30 heavy (non-hydrogen) atoms. The first-order chi connectivity index (χ1) is 14.5. The third-order valence-electron chi connectivity index (χ3n) is 4.07. The van der Waals surface area contributed by atoms with Crippen LogP contribution in [0.1, 0.15) is 21.5 Å². The number of nitrogens with one attached hydrogen (secondary N) is 2. The van der Waals surface area contributed by atoms with Gasteiger partial charge >= 0.3 is 0 Å². The van der Waals surface area contributed by atoms with Gasteiger partial charge in [0.2, 0.25) is 0 Å². The molecule has 0 aromatic heterocycles. The van der Waals surface area contributed by atoms with Gasteiger partial charge in [-0.3, -0.25) is 9.59 Å². The maximum absolute atomic E-state index is 12.0. The van der Waals surface area contributed by atoms with Crippen LogP contribution < -0.4 is 15.5 Å². The number of amides is 2. The average Bonchev–Trinajstić information content (AvgIpc) is 2.75. The van der Waals surface area contributed by atoms with Crippen LogP contribution in [0.2, 0.25) is 0 Å². The van der Waals surface area contributed by atoms with E-state index in [0.717, 1.165) is 21.3 Å². The van der Waals surface area contributed by atoms with E-state index in [1.807, 2.05) is 31.2 Å². The van der Waals surface area contributed by atoms with Crippen molar-refractivity contribution in [3.8, 4) is 5.75 Å². The Morgan fingerprint density at radius 2 is 1.63 bits per heavy atom. The van der Waals surface area contributed by atoms with E-state index in [4.69, 9.17) is 4.74 Å². The Labute approximate surface area is 183 Å². The molecule has 6 nitrogen and oxygen atoms in total. The molecule has 0 bridgehead atoms. The number of carbonyl (C=O) groups is 2. The molecule has 0 aliphatic heterocycles. The van der Waals surface area contributed by atoms with E-state index in [0.29, 0.717) is 11.3 Å². The maximum Gasteiger partial charge on any atom is 0.271 e. The molecule has 0 radical (unpaired) electrons. The summed E-state index contributed by atoms with van der Waals surface area (Å²) in [5.74, 6) is 0.0311. The van der Waals surface area contributed by atoms with Gasteiger partial charge in [0.15, 0.2) is 6.61 Å². The number of halogens is 1. The van der Waals surface area contributed by atoms with Crippen LogP contribution in [0.5, 0.6) is 5.75 Å². The summed E-state index contributed by atoms with van der Waals surface area (Å²) < 4.78 is 6.40. The molecule has 0 fully saturated rings. The number of ether oxygens (including phenoxy) is 1. The lowest BCUT2D eigenvalue weighted by atomic mass is 10.2. The zero-order valence-corrected chi connectivity index (χ0v) is 17.8. The maximum atomic E-state index is 12.0. The monoisotopic (exact) mass is 465 g/mol. The molecular formula is C23H20BrN3O3. The third kappa shape index (κ3) is 6.56. The Kier molecular flexibility index (Phi) is 7.34. The van der Waals surface area contributed by atoms with Crippen molar-refractivity contribution in [1.82, 2.24) is 5.43 Å². The predicted octanol–water partition coefficient (Wildman–Crippen LogP) is 4.54. The van der Waals surface area contributed by atoms with E-state index in [1.165, 1.54) is 6.21 Å². The van der Waals surface area contributed by atoms with Crippen molar-refractivity contribution >= 4 is 39.6 Å². The number of benzene rings is 3. The molecule has 0 unspecified atom stereocenters. The molecule has 2 amide bonds. The highest BCUT2D eigenvalue weighted by molar-refractivity contribution is 9.10. The van der Waals surface area contributed by atoms with Crippen LogP contribution in [0.25, 0.3) is 0 Å². The first-order valence-corrected chi connectivity index (χ1v) is 9.97. The molecule has 0 aliphatic carbocycles. The smallest absolute Gasteiger partial charge is 0.271 e. The fourth-order valence-corrected chi connectivity index (χ4v) is 2.73. The fraction of sp³-hybridized carbons (Fsp3) is 0.0870. The molecule has 3 aromatic rings. The van der Waals surface area contributed by atoms with Gasteiger partial charge in [0.25, 0.3) is 11.8 Å². The minimum atomic E-state index is -0.293. The van der Waals surface area contributed by atoms with E-state index in [-0.39, 0.29) is 18.4 Å². The molecule has 3 rings (SSSR count). The van der Waals surface area contributed by atoms with Crippen molar-refractivity contribution in [3.63, 3.8) is 0 Å². The Morgan fingerprint density at radius 1 is 0.967 bits per heavy atom. The van der Waals surface area contributed by atoms with Gasteiger partial charge in [-0.1, -0.05) is 33.6 Å². The number of anilines is 1. The van der Waals surface area contributed by atoms with Crippen LogP contribution in [0, 0.1) is 6.92 Å². The molecule has 0 atom stereocenters. The van der Waals surface area contributed by atoms with Crippen molar-refractivity contribution in [2.24, 2.45) is 5.10 Å². The van der Waals surface area contributed by atoms with Crippen LogP contribution in [-0.4, -0.2) is 24.6 Å². The molecule has 0 spiro atoms. The lowest BCUT2D eigenvalue weighted by Crippen LogP contribution is -2.20. The standard InChI is InChI=1S/C23H20BrN3O3/c1-16-2-10-20(11-3-16)26-22(28)15-30-21-12-4-17(5-13-21)14-25-27-23(29)18-6-8-19(24)9-7-18/h2-14H,15H2,1H3,(H,26,28)(H,27,29)/b25-14-. The molecule has 0 aliphatic rings. The topological polar surface area (TPSA) is 79.8 Å². The summed E-state index contributed by atoms with van der Waals surface area (Å²) in [7, 11) is 0. The molecular weight excluding hydrogens is 446 g/mol. The lowest BCUT2D eigenvalue weighted by Gasteiger charge is -2.08. The number of rotatable bonds is 7. The molecule has 7 heteroatoms. The summed E-state index contributed by atoms with van der Waals surface area (Å²) in [5, 5.41) is 6.73. The lowest BCUT2D eigenvalue weighted by molar-refractivity contribution is -0.118. The zero-order chi connectivity index (χ0) is 21.3. The predicted molar refractivity (Wildman–Crippen MR) is 121 cm³/mol. The van der Waals surface area contributed by atoms with Crippen molar-refractivity contribution in [2.75, 3.05) is 11.9 Å². The zero-order valence-electron chi connectivity index (χ0n) is 16.3. The van der Waals surface area contributed by atoms with E-state index in [1.54, 1.807) is 48.5 Å². The molecule has 2 N–H and O–H groups in total. The van der Waals surface area contributed by atoms with Crippen LogP contribution in [-0.2, 0) is 4.79 Å². The van der Waals surface area contributed by atoms with E-state index < -0.39 is 0 Å². The summed E-state index contributed by atoms with van der Waals surface area (Å²) in [6.45, 7) is 1.89. The highest BCUT2D eigenvalue weighted by Crippen LogP contribution is 2.13. The van der Waals surface area contributed by atoms with Gasteiger partial charge in [-0.05, 0) is 73.2 Å². The highest BCUT2D eigenvalue weighted by Gasteiger charge is 2.05. The summed E-state index contributed by atoms with van der Waals surface area (Å²) in [6, 6.07) is 21.6. The van der Waals surface area contributed by atoms with E-state index in [2.05, 4.69) is 31.8 Å². The summed E-state index contributed by atoms with van der Waals surface area (Å²) in [5.41, 5.74) is 5.63. The van der Waals surface area contributed by atoms with Crippen LogP contribution >= 0.6 is 15.9 Å². The molecule has 3 aromatic carbocycles. The number of nitrogens with zero attached hydrogens (tertiary/aromatic N) is 1. The van der Waals surface area contributed by atoms with Crippen molar-refractivity contribution in [1.29, 1.82) is 0 Å². The van der Waals surface area contributed by atoms with Gasteiger partial charge in [-0.15, -0.1) is 0 Å². The molecule has 0 saturated carbocycles. The second kappa shape index (κ2) is 10.4. The quantitative estimate of drug-likeness (QED) is 0.397. The van der Waals surface area contributed by atoms with Crippen molar-refractivity contribution in [2.45, 2.75) is 6.92 Å². The van der Waals surface area contributed by atoms with Crippen molar-refractivity contribution < 1.29 is 14.3 Å². The van der Waals surface area contributed by atoms with Crippen LogP contribution in [0.3, 0.4) is 0 Å². The molecule has 152 valence electrons. The van der Waals surface area contributed by atoms with Gasteiger partial charge in [-0.2, -0.15) is 5.10 Å². The van der Waals surface area contributed by atoms with Gasteiger partial charge < -0.3 is 10.1 Å². The second-order valence-corrected chi connectivity index (χ2v) is 7.39. The Balaban J connectivity index is 1.45. The SMILES string of the molecule is Cc1ccc(NC(=O)COc2ccc(/C=N\NC(=O)c3ccc(Br)cc3)cc2)cc1. The molecule has 0 saturated heterocycles. The van der Waals surface area contributed by atoms with E-state index in [9.17, 15) is 9.59 Å². The highest BCUT2D eigenvalue weighted by atomic mass is 79.9. The summed E-state index contributed by atoms with van der Waals surface area (Å²) in [4.78, 5) is 24.0. The van der Waals surface area contributed by atoms with Crippen LogP contribution in [0.15, 0.2) is 82.4 Å². The first-order valence-electron chi connectivity index (χ1n) is 9.18. The Bertz CT molecular complexity index is 1030. The number of hydrazone groups is 1. The average molecular weight is 466 g/mol. The van der Waals surface area contributed by atoms with Gasteiger partial charge in [0, 0.05) is 15.7 Å². The largest absolute Gasteiger partial charge is 0.484 e. The second-order valence-electron chi connectivity index (χ2n) is 6.48. The molecule has 0 heterocycles. The minimum absolute atomic E-state index is 0.0927. The Hall–Kier alpha value is -3.45. The first kappa shape index (κ1) is 21.3. The fourth-order valence-electron chi connectivity index (χ4n) is 2.46. The minimum Gasteiger partial charge on any atom is -0.484 e. The number of hydrogen-bond acceptors (Lipinski definition) is 4.